The van der Waals surface area contributed by atoms with Crippen LogP contribution in [0.5, 0.6) is 5.75 Å². The Balaban J connectivity index is 1.98. The Bertz CT molecular complexity index is 711. The first-order valence-corrected chi connectivity index (χ1v) is 7.19. The largest absolute Gasteiger partial charge is 0.508 e. The van der Waals surface area contributed by atoms with Gasteiger partial charge in [-0.3, -0.25) is 10.1 Å². The van der Waals surface area contributed by atoms with Crippen LogP contribution in [0, 0.1) is 0 Å². The highest BCUT2D eigenvalue weighted by Crippen LogP contribution is 2.43. The average molecular weight is 280 g/mol. The third-order valence-electron chi connectivity index (χ3n) is 4.42. The SMILES string of the molecule is O=C1c2ccccc2C2(c3ccc(O)cc3)NCCCN12. The zero-order valence-electron chi connectivity index (χ0n) is 11.5. The topological polar surface area (TPSA) is 52.6 Å². The van der Waals surface area contributed by atoms with Gasteiger partial charge < -0.3 is 10.0 Å². The van der Waals surface area contributed by atoms with Gasteiger partial charge in [-0.05, 0) is 36.7 Å². The lowest BCUT2D eigenvalue weighted by atomic mass is 9.89. The van der Waals surface area contributed by atoms with E-state index in [1.165, 1.54) is 0 Å². The van der Waals surface area contributed by atoms with Crippen LogP contribution in [0.25, 0.3) is 0 Å². The Hall–Kier alpha value is -2.33. The molecule has 4 rings (SSSR count). The standard InChI is InChI=1S/C17H16N2O2/c20-13-8-6-12(7-9-13)17-15-5-2-1-4-14(15)16(21)19(17)11-3-10-18-17/h1-2,4-9,18,20H,3,10-11H2. The van der Waals surface area contributed by atoms with Crippen LogP contribution in [0.3, 0.4) is 0 Å². The molecule has 1 unspecified atom stereocenters. The molecule has 2 heterocycles. The van der Waals surface area contributed by atoms with E-state index in [0.717, 1.165) is 36.2 Å². The van der Waals surface area contributed by atoms with Crippen LogP contribution in [-0.4, -0.2) is 29.0 Å². The molecule has 2 aliphatic rings. The number of nitrogens with zero attached hydrogens (tertiary/aromatic N) is 1. The zero-order chi connectivity index (χ0) is 14.4. The molecule has 2 aromatic rings. The Kier molecular flexibility index (Phi) is 2.56. The lowest BCUT2D eigenvalue weighted by molar-refractivity contribution is 0.0457. The number of benzene rings is 2. The number of rotatable bonds is 1. The van der Waals surface area contributed by atoms with E-state index in [-0.39, 0.29) is 11.7 Å². The van der Waals surface area contributed by atoms with Crippen molar-refractivity contribution in [1.82, 2.24) is 10.2 Å². The summed E-state index contributed by atoms with van der Waals surface area (Å²) >= 11 is 0. The molecule has 4 nitrogen and oxygen atoms in total. The second-order valence-corrected chi connectivity index (χ2v) is 5.54. The van der Waals surface area contributed by atoms with Crippen LogP contribution in [0.15, 0.2) is 48.5 Å². The fourth-order valence-corrected chi connectivity index (χ4v) is 3.51. The van der Waals surface area contributed by atoms with Crippen LogP contribution in [0.4, 0.5) is 0 Å². The summed E-state index contributed by atoms with van der Waals surface area (Å²) in [5, 5.41) is 13.1. The number of phenolic OH excluding ortho intramolecular Hbond substituents is 1. The molecule has 21 heavy (non-hydrogen) atoms. The fourth-order valence-electron chi connectivity index (χ4n) is 3.51. The summed E-state index contributed by atoms with van der Waals surface area (Å²) in [5.74, 6) is 0.306. The van der Waals surface area contributed by atoms with E-state index in [4.69, 9.17) is 0 Å². The monoisotopic (exact) mass is 280 g/mol. The van der Waals surface area contributed by atoms with Crippen molar-refractivity contribution in [1.29, 1.82) is 0 Å². The summed E-state index contributed by atoms with van der Waals surface area (Å²) < 4.78 is 0. The molecule has 0 bridgehead atoms. The Morgan fingerprint density at radius 2 is 1.86 bits per heavy atom. The molecule has 2 aliphatic heterocycles. The van der Waals surface area contributed by atoms with Crippen molar-refractivity contribution in [2.45, 2.75) is 12.1 Å². The van der Waals surface area contributed by atoms with E-state index in [1.54, 1.807) is 12.1 Å². The molecule has 0 radical (unpaired) electrons. The average Bonchev–Trinajstić information content (AvgIpc) is 2.80. The molecule has 4 heteroatoms. The van der Waals surface area contributed by atoms with Gasteiger partial charge in [-0.25, -0.2) is 0 Å². The summed E-state index contributed by atoms with van der Waals surface area (Å²) in [4.78, 5) is 14.6. The molecule has 2 N–H and O–H groups in total. The molecule has 2 aromatic carbocycles. The highest BCUT2D eigenvalue weighted by molar-refractivity contribution is 6.00. The summed E-state index contributed by atoms with van der Waals surface area (Å²) in [6.07, 6.45) is 0.944. The van der Waals surface area contributed by atoms with E-state index in [9.17, 15) is 9.90 Å². The molecule has 1 fully saturated rings. The quantitative estimate of drug-likeness (QED) is 0.840. The van der Waals surface area contributed by atoms with Crippen molar-refractivity contribution < 1.29 is 9.90 Å². The molecular weight excluding hydrogens is 264 g/mol. The number of hydrogen-bond acceptors (Lipinski definition) is 3. The van der Waals surface area contributed by atoms with Gasteiger partial charge in [-0.1, -0.05) is 30.3 Å². The van der Waals surface area contributed by atoms with E-state index < -0.39 is 5.66 Å². The number of amides is 1. The fraction of sp³-hybridized carbons (Fsp3) is 0.235. The molecule has 0 saturated carbocycles. The zero-order valence-corrected chi connectivity index (χ0v) is 11.5. The molecule has 1 saturated heterocycles. The van der Waals surface area contributed by atoms with Crippen LogP contribution >= 0.6 is 0 Å². The molecular formula is C17H16N2O2. The van der Waals surface area contributed by atoms with Gasteiger partial charge in [0.15, 0.2) is 0 Å². The Labute approximate surface area is 123 Å². The summed E-state index contributed by atoms with van der Waals surface area (Å²) in [5.41, 5.74) is 2.15. The van der Waals surface area contributed by atoms with E-state index in [1.807, 2.05) is 41.3 Å². The molecule has 1 amide bonds. The first-order valence-electron chi connectivity index (χ1n) is 7.19. The van der Waals surface area contributed by atoms with Gasteiger partial charge in [0, 0.05) is 17.7 Å². The van der Waals surface area contributed by atoms with Gasteiger partial charge in [0.1, 0.15) is 11.4 Å². The third kappa shape index (κ3) is 1.56. The van der Waals surface area contributed by atoms with Crippen LogP contribution in [-0.2, 0) is 5.66 Å². The van der Waals surface area contributed by atoms with Crippen molar-refractivity contribution in [3.05, 3.63) is 65.2 Å². The lowest BCUT2D eigenvalue weighted by Crippen LogP contribution is -2.59. The van der Waals surface area contributed by atoms with Crippen molar-refractivity contribution in [3.63, 3.8) is 0 Å². The van der Waals surface area contributed by atoms with Gasteiger partial charge in [-0.15, -0.1) is 0 Å². The maximum Gasteiger partial charge on any atom is 0.256 e. The minimum Gasteiger partial charge on any atom is -0.508 e. The van der Waals surface area contributed by atoms with Gasteiger partial charge in [0.2, 0.25) is 0 Å². The number of aromatic hydroxyl groups is 1. The molecule has 106 valence electrons. The highest BCUT2D eigenvalue weighted by Gasteiger charge is 2.51. The maximum atomic E-state index is 12.7. The molecule has 1 atom stereocenters. The second kappa shape index (κ2) is 4.33. The van der Waals surface area contributed by atoms with Crippen LogP contribution < -0.4 is 5.32 Å². The van der Waals surface area contributed by atoms with E-state index in [0.29, 0.717) is 0 Å². The van der Waals surface area contributed by atoms with E-state index >= 15 is 0 Å². The van der Waals surface area contributed by atoms with Gasteiger partial charge in [0.25, 0.3) is 5.91 Å². The smallest absolute Gasteiger partial charge is 0.256 e. The maximum absolute atomic E-state index is 12.7. The number of fused-ring (bicyclic) bond motifs is 3. The molecule has 0 spiro atoms. The second-order valence-electron chi connectivity index (χ2n) is 5.54. The summed E-state index contributed by atoms with van der Waals surface area (Å²) in [6, 6.07) is 14.9. The summed E-state index contributed by atoms with van der Waals surface area (Å²) in [7, 11) is 0. The van der Waals surface area contributed by atoms with Crippen LogP contribution in [0.2, 0.25) is 0 Å². The first kappa shape index (κ1) is 12.4. The number of carbonyl (C=O) groups is 1. The van der Waals surface area contributed by atoms with Gasteiger partial charge in [-0.2, -0.15) is 0 Å². The lowest BCUT2D eigenvalue weighted by Gasteiger charge is -2.44. The number of phenols is 1. The number of carbonyl (C=O) groups excluding carboxylic acids is 1. The van der Waals surface area contributed by atoms with Crippen molar-refractivity contribution >= 4 is 5.91 Å². The van der Waals surface area contributed by atoms with Crippen molar-refractivity contribution in [2.75, 3.05) is 13.1 Å². The van der Waals surface area contributed by atoms with Crippen molar-refractivity contribution in [3.8, 4) is 5.75 Å². The van der Waals surface area contributed by atoms with Gasteiger partial charge >= 0.3 is 0 Å². The molecule has 0 aromatic heterocycles. The number of nitrogens with one attached hydrogen (secondary N) is 1. The Morgan fingerprint density at radius 3 is 2.67 bits per heavy atom. The first-order chi connectivity index (χ1) is 10.2. The Morgan fingerprint density at radius 1 is 1.10 bits per heavy atom. The minimum atomic E-state index is -0.598. The van der Waals surface area contributed by atoms with E-state index in [2.05, 4.69) is 5.32 Å². The van der Waals surface area contributed by atoms with Gasteiger partial charge in [0.05, 0.1) is 0 Å². The highest BCUT2D eigenvalue weighted by atomic mass is 16.3. The number of hydrogen-bond donors (Lipinski definition) is 2. The normalized spacial score (nSPS) is 23.8. The predicted octanol–water partition coefficient (Wildman–Crippen LogP) is 2.04. The molecule has 0 aliphatic carbocycles. The minimum absolute atomic E-state index is 0.0749. The predicted molar refractivity (Wildman–Crippen MR) is 79.0 cm³/mol. The van der Waals surface area contributed by atoms with Crippen LogP contribution in [0.1, 0.15) is 27.9 Å². The van der Waals surface area contributed by atoms with Crippen molar-refractivity contribution in [2.24, 2.45) is 0 Å². The third-order valence-corrected chi connectivity index (χ3v) is 4.42. The summed E-state index contributed by atoms with van der Waals surface area (Å²) in [6.45, 7) is 1.60.